The van der Waals surface area contributed by atoms with Crippen molar-refractivity contribution in [3.05, 3.63) is 35.9 Å². The third-order valence-electron chi connectivity index (χ3n) is 1.46. The molecule has 1 aromatic rings. The monoisotopic (exact) mass is 232 g/mol. The molecule has 0 aromatic heterocycles. The lowest BCUT2D eigenvalue weighted by Gasteiger charge is -2.05. The Balaban J connectivity index is 2.83. The van der Waals surface area contributed by atoms with E-state index in [9.17, 15) is 18.0 Å². The summed E-state index contributed by atoms with van der Waals surface area (Å²) in [5.41, 5.74) is -3.72. The number of allylic oxidation sites excluding steroid dienone is 1. The summed E-state index contributed by atoms with van der Waals surface area (Å²) in [6.45, 7) is 0. The Labute approximate surface area is 89.0 Å². The quantitative estimate of drug-likeness (QED) is 0.450. The normalized spacial score (nSPS) is 11.9. The van der Waals surface area contributed by atoms with E-state index in [1.165, 1.54) is 30.4 Å². The lowest BCUT2D eigenvalue weighted by Crippen LogP contribution is -1.98. The third kappa shape index (κ3) is 4.69. The summed E-state index contributed by atoms with van der Waals surface area (Å²) in [6, 6.07) is 5.88. The summed E-state index contributed by atoms with van der Waals surface area (Å²) in [4.78, 5) is 10.1. The minimum Gasteiger partial charge on any atom is -0.299 e. The molecular formula is C10H7F3OS. The van der Waals surface area contributed by atoms with E-state index in [-0.39, 0.29) is 16.7 Å². The summed E-state index contributed by atoms with van der Waals surface area (Å²) in [5.74, 6) is 0. The van der Waals surface area contributed by atoms with E-state index in [1.807, 2.05) is 0 Å². The zero-order valence-corrected chi connectivity index (χ0v) is 8.31. The number of halogens is 3. The van der Waals surface area contributed by atoms with E-state index >= 15 is 0 Å². The van der Waals surface area contributed by atoms with Crippen LogP contribution >= 0.6 is 11.8 Å². The number of alkyl halides is 3. The summed E-state index contributed by atoms with van der Waals surface area (Å²) >= 11 is -0.174. The maximum absolute atomic E-state index is 12.0. The maximum Gasteiger partial charge on any atom is 0.446 e. The number of carbonyl (C=O) groups is 1. The van der Waals surface area contributed by atoms with E-state index in [2.05, 4.69) is 0 Å². The highest BCUT2D eigenvalue weighted by Crippen LogP contribution is 2.36. The molecular weight excluding hydrogens is 225 g/mol. The number of hydrogen-bond donors (Lipinski definition) is 0. The van der Waals surface area contributed by atoms with E-state index < -0.39 is 5.51 Å². The molecule has 0 amide bonds. The van der Waals surface area contributed by atoms with Gasteiger partial charge >= 0.3 is 5.51 Å². The van der Waals surface area contributed by atoms with Crippen molar-refractivity contribution < 1.29 is 18.0 Å². The number of rotatable bonds is 3. The van der Waals surface area contributed by atoms with Crippen molar-refractivity contribution in [2.75, 3.05) is 0 Å². The van der Waals surface area contributed by atoms with Crippen LogP contribution in [0.15, 0.2) is 35.2 Å². The van der Waals surface area contributed by atoms with Gasteiger partial charge < -0.3 is 0 Å². The maximum atomic E-state index is 12.0. The van der Waals surface area contributed by atoms with Gasteiger partial charge in [-0.3, -0.25) is 4.79 Å². The van der Waals surface area contributed by atoms with Crippen LogP contribution in [-0.2, 0) is 4.79 Å². The van der Waals surface area contributed by atoms with Crippen molar-refractivity contribution in [3.63, 3.8) is 0 Å². The van der Waals surface area contributed by atoms with Gasteiger partial charge in [0, 0.05) is 4.90 Å². The van der Waals surface area contributed by atoms with Crippen molar-refractivity contribution >= 4 is 24.1 Å². The molecule has 1 nitrogen and oxygen atoms in total. The molecule has 0 radical (unpaired) electrons. The number of hydrogen-bond acceptors (Lipinski definition) is 2. The SMILES string of the molecule is O=C/C=C/c1cccc(SC(F)(F)F)c1. The second kappa shape index (κ2) is 5.02. The Morgan fingerprint density at radius 3 is 2.60 bits per heavy atom. The predicted octanol–water partition coefficient (Wildman–Crippen LogP) is 3.51. The lowest BCUT2D eigenvalue weighted by molar-refractivity contribution is -0.104. The van der Waals surface area contributed by atoms with Crippen LogP contribution in [0.1, 0.15) is 5.56 Å². The predicted molar refractivity (Wildman–Crippen MR) is 53.5 cm³/mol. The van der Waals surface area contributed by atoms with Crippen molar-refractivity contribution in [2.24, 2.45) is 0 Å². The highest BCUT2D eigenvalue weighted by molar-refractivity contribution is 8.00. The van der Waals surface area contributed by atoms with Gasteiger partial charge in [-0.1, -0.05) is 18.2 Å². The van der Waals surface area contributed by atoms with Crippen molar-refractivity contribution in [1.82, 2.24) is 0 Å². The minimum atomic E-state index is -4.28. The zero-order chi connectivity index (χ0) is 11.3. The average molecular weight is 232 g/mol. The molecule has 1 rings (SSSR count). The molecule has 0 heterocycles. The Kier molecular flexibility index (Phi) is 3.96. The van der Waals surface area contributed by atoms with Gasteiger partial charge in [-0.05, 0) is 35.5 Å². The first kappa shape index (κ1) is 11.8. The molecule has 0 atom stereocenters. The third-order valence-corrected chi connectivity index (χ3v) is 2.18. The fourth-order valence-electron chi connectivity index (χ4n) is 0.966. The molecule has 80 valence electrons. The largest absolute Gasteiger partial charge is 0.446 e. The first-order chi connectivity index (χ1) is 7.01. The van der Waals surface area contributed by atoms with Gasteiger partial charge in [0.1, 0.15) is 6.29 Å². The minimum absolute atomic E-state index is 0.107. The highest BCUT2D eigenvalue weighted by atomic mass is 32.2. The molecule has 0 aliphatic carbocycles. The van der Waals surface area contributed by atoms with Gasteiger partial charge in [-0.15, -0.1) is 0 Å². The summed E-state index contributed by atoms with van der Waals surface area (Å²) < 4.78 is 36.0. The molecule has 0 bridgehead atoms. The van der Waals surface area contributed by atoms with Gasteiger partial charge in [0.05, 0.1) is 0 Å². The van der Waals surface area contributed by atoms with Crippen LogP contribution in [-0.4, -0.2) is 11.8 Å². The second-order valence-corrected chi connectivity index (χ2v) is 3.75. The fourth-order valence-corrected chi connectivity index (χ4v) is 1.57. The lowest BCUT2D eigenvalue weighted by atomic mass is 10.2. The molecule has 0 saturated carbocycles. The van der Waals surface area contributed by atoms with Crippen LogP contribution in [0, 0.1) is 0 Å². The van der Waals surface area contributed by atoms with Gasteiger partial charge in [0.2, 0.25) is 0 Å². The molecule has 0 fully saturated rings. The van der Waals surface area contributed by atoms with E-state index in [0.717, 1.165) is 0 Å². The smallest absolute Gasteiger partial charge is 0.299 e. The first-order valence-electron chi connectivity index (χ1n) is 3.99. The number of aldehydes is 1. The van der Waals surface area contributed by atoms with Crippen LogP contribution in [0.4, 0.5) is 13.2 Å². The molecule has 5 heteroatoms. The van der Waals surface area contributed by atoms with Crippen LogP contribution in [0.3, 0.4) is 0 Å². The number of thioether (sulfide) groups is 1. The van der Waals surface area contributed by atoms with E-state index in [1.54, 1.807) is 6.07 Å². The van der Waals surface area contributed by atoms with Crippen LogP contribution < -0.4 is 0 Å². The molecule has 0 aliphatic rings. The topological polar surface area (TPSA) is 17.1 Å². The molecule has 0 N–H and O–H groups in total. The Morgan fingerprint density at radius 2 is 2.00 bits per heavy atom. The van der Waals surface area contributed by atoms with E-state index in [0.29, 0.717) is 11.8 Å². The molecule has 15 heavy (non-hydrogen) atoms. The summed E-state index contributed by atoms with van der Waals surface area (Å²) in [7, 11) is 0. The number of benzene rings is 1. The van der Waals surface area contributed by atoms with Crippen molar-refractivity contribution in [2.45, 2.75) is 10.4 Å². The first-order valence-corrected chi connectivity index (χ1v) is 4.80. The van der Waals surface area contributed by atoms with Gasteiger partial charge in [-0.25, -0.2) is 0 Å². The standard InChI is InChI=1S/C10H7F3OS/c11-10(12,13)15-9-5-1-3-8(7-9)4-2-6-14/h1-7H/b4-2+. The van der Waals surface area contributed by atoms with Gasteiger partial charge in [-0.2, -0.15) is 13.2 Å². The Hall–Kier alpha value is -1.23. The molecule has 0 saturated heterocycles. The molecule has 1 aromatic carbocycles. The van der Waals surface area contributed by atoms with E-state index in [4.69, 9.17) is 0 Å². The Bertz CT molecular complexity index is 371. The molecule has 0 aliphatic heterocycles. The second-order valence-electron chi connectivity index (χ2n) is 2.62. The molecule has 0 spiro atoms. The summed E-state index contributed by atoms with van der Waals surface area (Å²) in [5, 5.41) is 0. The van der Waals surface area contributed by atoms with Crippen molar-refractivity contribution in [1.29, 1.82) is 0 Å². The summed E-state index contributed by atoms with van der Waals surface area (Å²) in [6.07, 6.45) is 3.26. The zero-order valence-electron chi connectivity index (χ0n) is 7.49. The molecule has 0 unspecified atom stereocenters. The van der Waals surface area contributed by atoms with Crippen LogP contribution in [0.25, 0.3) is 6.08 Å². The van der Waals surface area contributed by atoms with Crippen molar-refractivity contribution in [3.8, 4) is 0 Å². The number of carbonyl (C=O) groups excluding carboxylic acids is 1. The fraction of sp³-hybridized carbons (Fsp3) is 0.100. The average Bonchev–Trinajstić information content (AvgIpc) is 2.12. The van der Waals surface area contributed by atoms with Crippen LogP contribution in [0.5, 0.6) is 0 Å². The Morgan fingerprint density at radius 1 is 1.27 bits per heavy atom. The highest BCUT2D eigenvalue weighted by Gasteiger charge is 2.28. The van der Waals surface area contributed by atoms with Crippen LogP contribution in [0.2, 0.25) is 0 Å². The van der Waals surface area contributed by atoms with Gasteiger partial charge in [0.15, 0.2) is 0 Å². The van der Waals surface area contributed by atoms with Gasteiger partial charge in [0.25, 0.3) is 0 Å².